The fourth-order valence-electron chi connectivity index (χ4n) is 5.52. The van der Waals surface area contributed by atoms with Crippen LogP contribution in [-0.2, 0) is 9.84 Å². The van der Waals surface area contributed by atoms with Crippen molar-refractivity contribution in [2.75, 3.05) is 0 Å². The van der Waals surface area contributed by atoms with Crippen LogP contribution in [0.1, 0.15) is 77.6 Å². The summed E-state index contributed by atoms with van der Waals surface area (Å²) < 4.78 is 72.5. The van der Waals surface area contributed by atoms with Crippen LogP contribution < -0.4 is 4.74 Å². The van der Waals surface area contributed by atoms with Gasteiger partial charge in [-0.2, -0.15) is 13.2 Å². The number of benzene rings is 1. The molecular weight excluding hydrogens is 479 g/mol. The molecule has 1 heterocycles. The minimum atomic E-state index is -5.54. The number of unbranched alkanes of at least 4 members (excludes halogenated alkanes) is 3. The first-order chi connectivity index (χ1) is 16.6. The highest BCUT2D eigenvalue weighted by atomic mass is 32.2. The molecule has 1 amide bonds. The summed E-state index contributed by atoms with van der Waals surface area (Å²) in [7, 11) is -5.54. The van der Waals surface area contributed by atoms with Gasteiger partial charge in [-0.1, -0.05) is 63.3 Å². The van der Waals surface area contributed by atoms with E-state index < -0.39 is 37.9 Å². The number of ether oxygens (including phenoxy) is 1. The average molecular weight is 514 g/mol. The second-order valence-corrected chi connectivity index (χ2v) is 11.3. The Kier molecular flexibility index (Phi) is 8.72. The third-order valence-electron chi connectivity index (χ3n) is 7.06. The van der Waals surface area contributed by atoms with Crippen molar-refractivity contribution in [1.82, 2.24) is 4.90 Å². The van der Waals surface area contributed by atoms with Crippen LogP contribution in [0, 0.1) is 0 Å². The summed E-state index contributed by atoms with van der Waals surface area (Å²) in [5.74, 6) is 0.325. The first-order valence-electron chi connectivity index (χ1n) is 12.3. The molecule has 2 aliphatic rings. The fraction of sp³-hybridized carbons (Fsp3) is 0.577. The predicted molar refractivity (Wildman–Crippen MR) is 129 cm³/mol. The van der Waals surface area contributed by atoms with Gasteiger partial charge in [0.2, 0.25) is 0 Å². The second kappa shape index (κ2) is 11.2. The van der Waals surface area contributed by atoms with Gasteiger partial charge in [0, 0.05) is 12.5 Å². The van der Waals surface area contributed by atoms with Gasteiger partial charge in [0.25, 0.3) is 9.84 Å². The molecule has 0 spiro atoms. The van der Waals surface area contributed by atoms with Crippen LogP contribution in [0.25, 0.3) is 0 Å². The molecule has 194 valence electrons. The average Bonchev–Trinajstić information content (AvgIpc) is 2.81. The summed E-state index contributed by atoms with van der Waals surface area (Å²) >= 11 is 0. The summed E-state index contributed by atoms with van der Waals surface area (Å²) in [5.41, 5.74) is -6.41. The summed E-state index contributed by atoms with van der Waals surface area (Å²) in [6.07, 6.45) is 6.32. The zero-order chi connectivity index (χ0) is 25.7. The first kappa shape index (κ1) is 27.3. The lowest BCUT2D eigenvalue weighted by molar-refractivity contribution is -0.0432. The fourth-order valence-corrected chi connectivity index (χ4v) is 6.83. The zero-order valence-corrected chi connectivity index (χ0v) is 21.0. The van der Waals surface area contributed by atoms with Crippen LogP contribution in [-0.4, -0.2) is 36.5 Å². The molecule has 1 aliphatic heterocycles. The number of rotatable bonds is 9. The van der Waals surface area contributed by atoms with Crippen LogP contribution in [0.15, 0.2) is 53.5 Å². The maximum Gasteiger partial charge on any atom is 0.501 e. The Bertz CT molecular complexity index is 1040. The first-order valence-corrected chi connectivity index (χ1v) is 13.8. The molecule has 1 saturated carbocycles. The number of sulfone groups is 1. The molecular formula is C26H34F3NO4S. The highest BCUT2D eigenvalue weighted by Crippen LogP contribution is 2.52. The standard InChI is InChI=1S/C26H34F3NO4S/c1-3-5-6-8-13-20-19-23(35(32,33)26(27,28)29)22-16-11-12-18-25(22,17-4-2)30(20)24(31)34-21-14-9-7-10-15-21/h4,7,9-10,14-15,20H,2-3,5-6,8,11-13,16-19H2,1H3/t20-,25?/m1/s1. The Morgan fingerprint density at radius 2 is 1.91 bits per heavy atom. The molecule has 35 heavy (non-hydrogen) atoms. The molecule has 1 fully saturated rings. The van der Waals surface area contributed by atoms with Crippen molar-refractivity contribution in [3.8, 4) is 5.75 Å². The Balaban J connectivity index is 2.14. The Hall–Kier alpha value is -2.29. The van der Waals surface area contributed by atoms with E-state index in [0.29, 0.717) is 37.9 Å². The third kappa shape index (κ3) is 5.60. The number of carbonyl (C=O) groups excluding carboxylic acids is 1. The lowest BCUT2D eigenvalue weighted by Crippen LogP contribution is -2.62. The van der Waals surface area contributed by atoms with Crippen LogP contribution >= 0.6 is 0 Å². The van der Waals surface area contributed by atoms with Crippen LogP contribution in [0.3, 0.4) is 0 Å². The molecule has 1 aromatic carbocycles. The summed E-state index contributed by atoms with van der Waals surface area (Å²) in [6, 6.07) is 7.77. The van der Waals surface area contributed by atoms with Gasteiger partial charge in [0.05, 0.1) is 10.4 Å². The van der Waals surface area contributed by atoms with Gasteiger partial charge in [-0.25, -0.2) is 13.2 Å². The van der Waals surface area contributed by atoms with E-state index in [9.17, 15) is 26.4 Å². The number of amides is 1. The van der Waals surface area contributed by atoms with Gasteiger partial charge in [-0.3, -0.25) is 4.90 Å². The summed E-state index contributed by atoms with van der Waals surface area (Å²) in [4.78, 5) is 14.6. The van der Waals surface area contributed by atoms with Crippen molar-refractivity contribution < 1.29 is 31.1 Å². The summed E-state index contributed by atoms with van der Waals surface area (Å²) in [5, 5.41) is 0. The molecule has 0 saturated heterocycles. The van der Waals surface area contributed by atoms with Crippen molar-refractivity contribution in [3.05, 3.63) is 53.5 Å². The number of carbonyl (C=O) groups is 1. The Morgan fingerprint density at radius 1 is 1.20 bits per heavy atom. The molecule has 0 N–H and O–H groups in total. The lowest BCUT2D eigenvalue weighted by atomic mass is 9.70. The Morgan fingerprint density at radius 3 is 2.54 bits per heavy atom. The second-order valence-electron chi connectivity index (χ2n) is 9.34. The smallest absolute Gasteiger partial charge is 0.410 e. The molecule has 0 radical (unpaired) electrons. The number of fused-ring (bicyclic) bond motifs is 1. The zero-order valence-electron chi connectivity index (χ0n) is 20.1. The molecule has 2 atom stereocenters. The quantitative estimate of drug-likeness (QED) is 0.257. The number of para-hydroxylation sites is 1. The van der Waals surface area contributed by atoms with E-state index in [1.807, 2.05) is 6.92 Å². The van der Waals surface area contributed by atoms with Crippen LogP contribution in [0.2, 0.25) is 0 Å². The highest BCUT2D eigenvalue weighted by Gasteiger charge is 2.57. The molecule has 1 aromatic rings. The van der Waals surface area contributed by atoms with Crippen molar-refractivity contribution in [3.63, 3.8) is 0 Å². The van der Waals surface area contributed by atoms with E-state index in [2.05, 4.69) is 6.58 Å². The van der Waals surface area contributed by atoms with Gasteiger partial charge >= 0.3 is 11.6 Å². The largest absolute Gasteiger partial charge is 0.501 e. The molecule has 0 aromatic heterocycles. The Labute approximate surface area is 205 Å². The normalized spacial score (nSPS) is 23.1. The van der Waals surface area contributed by atoms with E-state index in [1.54, 1.807) is 41.3 Å². The number of alkyl halides is 3. The number of halogens is 3. The molecule has 0 bridgehead atoms. The maximum atomic E-state index is 13.8. The third-order valence-corrected chi connectivity index (χ3v) is 8.73. The van der Waals surface area contributed by atoms with Crippen molar-refractivity contribution in [2.45, 2.75) is 94.6 Å². The molecule has 3 rings (SSSR count). The number of hydrogen-bond acceptors (Lipinski definition) is 4. The van der Waals surface area contributed by atoms with Gasteiger partial charge < -0.3 is 4.74 Å². The monoisotopic (exact) mass is 513 g/mol. The van der Waals surface area contributed by atoms with E-state index in [-0.39, 0.29) is 24.8 Å². The van der Waals surface area contributed by atoms with Gasteiger partial charge in [0.15, 0.2) is 0 Å². The topological polar surface area (TPSA) is 63.7 Å². The van der Waals surface area contributed by atoms with Crippen molar-refractivity contribution >= 4 is 15.9 Å². The van der Waals surface area contributed by atoms with Gasteiger partial charge in [0.1, 0.15) is 5.75 Å². The minimum absolute atomic E-state index is 0.161. The lowest BCUT2D eigenvalue weighted by Gasteiger charge is -2.54. The summed E-state index contributed by atoms with van der Waals surface area (Å²) in [6.45, 7) is 5.84. The number of nitrogens with zero attached hydrogens (tertiary/aromatic N) is 1. The van der Waals surface area contributed by atoms with Gasteiger partial charge in [-0.05, 0) is 49.8 Å². The van der Waals surface area contributed by atoms with Crippen LogP contribution in [0.4, 0.5) is 18.0 Å². The van der Waals surface area contributed by atoms with Crippen molar-refractivity contribution in [1.29, 1.82) is 0 Å². The van der Waals surface area contributed by atoms with Gasteiger partial charge in [-0.15, -0.1) is 6.58 Å². The molecule has 1 aliphatic carbocycles. The molecule has 5 nitrogen and oxygen atoms in total. The van der Waals surface area contributed by atoms with E-state index in [1.165, 1.54) is 0 Å². The number of hydrogen-bond donors (Lipinski definition) is 0. The van der Waals surface area contributed by atoms with E-state index in [4.69, 9.17) is 4.74 Å². The highest BCUT2D eigenvalue weighted by molar-refractivity contribution is 7.96. The molecule has 1 unspecified atom stereocenters. The maximum absolute atomic E-state index is 13.8. The van der Waals surface area contributed by atoms with Crippen LogP contribution in [0.5, 0.6) is 5.75 Å². The van der Waals surface area contributed by atoms with Crippen molar-refractivity contribution in [2.24, 2.45) is 0 Å². The van der Waals surface area contributed by atoms with E-state index in [0.717, 1.165) is 19.3 Å². The molecule has 9 heteroatoms. The minimum Gasteiger partial charge on any atom is -0.410 e. The predicted octanol–water partition coefficient (Wildman–Crippen LogP) is 7.31. The van der Waals surface area contributed by atoms with E-state index >= 15 is 0 Å². The SMILES string of the molecule is C=CCC12CCCCC1=C(S(=O)(=O)C(F)(F)F)C[C@@H](CCCCCC)N2C(=O)Oc1ccccc1.